The van der Waals surface area contributed by atoms with Crippen LogP contribution in [0.25, 0.3) is 0 Å². The van der Waals surface area contributed by atoms with E-state index in [0.29, 0.717) is 5.56 Å². The Morgan fingerprint density at radius 3 is 2.39 bits per heavy atom. The van der Waals surface area contributed by atoms with Crippen molar-refractivity contribution in [3.8, 4) is 0 Å². The van der Waals surface area contributed by atoms with Gasteiger partial charge in [0.25, 0.3) is 15.8 Å². The largest absolute Gasteiger partial charge is 0.390 e. The highest BCUT2D eigenvalue weighted by Gasteiger charge is 2.11. The van der Waals surface area contributed by atoms with Crippen LogP contribution in [0.3, 0.4) is 0 Å². The van der Waals surface area contributed by atoms with Crippen LogP contribution < -0.4 is 0 Å². The lowest BCUT2D eigenvalue weighted by Crippen LogP contribution is -2.20. The molecule has 0 bridgehead atoms. The molecule has 0 radical (unpaired) electrons. The summed E-state index contributed by atoms with van der Waals surface area (Å²) in [6, 6.07) is 5.64. The number of benzene rings is 1. The van der Waals surface area contributed by atoms with Gasteiger partial charge in [0.1, 0.15) is 0 Å². The summed E-state index contributed by atoms with van der Waals surface area (Å²) in [5.41, 5.74) is 0.617. The number of rotatable bonds is 6. The number of aliphatic hydroxyl groups excluding tert-OH is 1. The molecule has 0 aromatic heterocycles. The van der Waals surface area contributed by atoms with Crippen molar-refractivity contribution in [1.29, 1.82) is 0 Å². The smallest absolute Gasteiger partial charge is 0.269 e. The molecule has 0 aliphatic rings. The fourth-order valence-electron chi connectivity index (χ4n) is 1.29. The first kappa shape index (κ1) is 14.6. The van der Waals surface area contributed by atoms with Gasteiger partial charge in [-0.1, -0.05) is 12.1 Å². The number of nitro groups is 1. The molecule has 0 aliphatic carbocycles. The van der Waals surface area contributed by atoms with E-state index in [0.717, 1.165) is 6.26 Å². The quantitative estimate of drug-likeness (QED) is 0.459. The summed E-state index contributed by atoms with van der Waals surface area (Å²) >= 11 is 0. The fraction of sp³-hybridized carbons (Fsp3) is 0.400. The van der Waals surface area contributed by atoms with Crippen LogP contribution in [0.2, 0.25) is 0 Å². The zero-order chi connectivity index (χ0) is 13.8. The zero-order valence-electron chi connectivity index (χ0n) is 9.64. The third-order valence-corrected chi connectivity index (χ3v) is 2.66. The highest BCUT2D eigenvalue weighted by atomic mass is 32.2. The van der Waals surface area contributed by atoms with Crippen molar-refractivity contribution >= 4 is 15.8 Å². The molecule has 1 rings (SSSR count). The molecule has 0 saturated heterocycles. The van der Waals surface area contributed by atoms with Gasteiger partial charge >= 0.3 is 0 Å². The molecule has 1 aromatic rings. The molecule has 0 heterocycles. The van der Waals surface area contributed by atoms with Gasteiger partial charge in [-0.3, -0.25) is 14.3 Å². The summed E-state index contributed by atoms with van der Waals surface area (Å²) < 4.78 is 25.8. The van der Waals surface area contributed by atoms with Crippen molar-refractivity contribution in [3.63, 3.8) is 0 Å². The number of aliphatic hydroxyl groups is 1. The molecule has 8 heteroatoms. The molecule has 1 aromatic carbocycles. The molecule has 0 saturated carbocycles. The van der Waals surface area contributed by atoms with Crippen molar-refractivity contribution < 1.29 is 22.6 Å². The van der Waals surface area contributed by atoms with Crippen molar-refractivity contribution in [2.75, 3.05) is 12.9 Å². The van der Waals surface area contributed by atoms with Crippen LogP contribution in [-0.2, 0) is 20.7 Å². The SMILES string of the molecule is CS(=O)(=O)OCC(O)Cc1ccc([N+](=O)[O-])cc1. The van der Waals surface area contributed by atoms with Crippen molar-refractivity contribution in [1.82, 2.24) is 0 Å². The third-order valence-electron chi connectivity index (χ3n) is 2.09. The summed E-state index contributed by atoms with van der Waals surface area (Å²) in [6.45, 7) is -0.337. The first-order chi connectivity index (χ1) is 8.28. The van der Waals surface area contributed by atoms with Crippen molar-refractivity contribution in [2.45, 2.75) is 12.5 Å². The van der Waals surface area contributed by atoms with Gasteiger partial charge in [0.2, 0.25) is 0 Å². The number of hydrogen-bond acceptors (Lipinski definition) is 6. The molecule has 0 amide bonds. The summed E-state index contributed by atoms with van der Waals surface area (Å²) in [4.78, 5) is 9.90. The van der Waals surface area contributed by atoms with E-state index in [1.807, 2.05) is 0 Å². The standard InChI is InChI=1S/C10H13NO6S/c1-18(15,16)17-7-10(12)6-8-2-4-9(5-3-8)11(13)14/h2-5,10,12H,6-7H2,1H3. The lowest BCUT2D eigenvalue weighted by atomic mass is 10.1. The van der Waals surface area contributed by atoms with Crippen LogP contribution in [0.5, 0.6) is 0 Å². The summed E-state index contributed by atoms with van der Waals surface area (Å²) in [7, 11) is -3.58. The third kappa shape index (κ3) is 5.21. The van der Waals surface area contributed by atoms with Crippen LogP contribution in [0.1, 0.15) is 5.56 Å². The van der Waals surface area contributed by atoms with Crippen LogP contribution >= 0.6 is 0 Å². The highest BCUT2D eigenvalue weighted by Crippen LogP contribution is 2.13. The number of non-ortho nitro benzene ring substituents is 1. The summed E-state index contributed by atoms with van der Waals surface area (Å²) in [6.07, 6.45) is 0.0697. The topological polar surface area (TPSA) is 107 Å². The maximum atomic E-state index is 10.7. The maximum Gasteiger partial charge on any atom is 0.269 e. The number of hydrogen-bond donors (Lipinski definition) is 1. The maximum absolute atomic E-state index is 10.7. The van der Waals surface area contributed by atoms with E-state index in [-0.39, 0.29) is 18.7 Å². The second-order valence-corrected chi connectivity index (χ2v) is 5.41. The minimum Gasteiger partial charge on any atom is -0.390 e. The molecule has 1 N–H and O–H groups in total. The predicted octanol–water partition coefficient (Wildman–Crippen LogP) is 0.474. The molecule has 1 atom stereocenters. The van der Waals surface area contributed by atoms with E-state index >= 15 is 0 Å². The zero-order valence-corrected chi connectivity index (χ0v) is 10.5. The molecule has 7 nitrogen and oxygen atoms in total. The van der Waals surface area contributed by atoms with E-state index < -0.39 is 21.1 Å². The second kappa shape index (κ2) is 5.89. The van der Waals surface area contributed by atoms with Gasteiger partial charge in [0.15, 0.2) is 0 Å². The Bertz CT molecular complexity index is 510. The first-order valence-electron chi connectivity index (χ1n) is 5.04. The normalized spacial score (nSPS) is 13.2. The van der Waals surface area contributed by atoms with Gasteiger partial charge in [-0.15, -0.1) is 0 Å². The molecule has 0 aliphatic heterocycles. The average Bonchev–Trinajstić information content (AvgIpc) is 2.26. The van der Waals surface area contributed by atoms with Gasteiger partial charge in [0.05, 0.1) is 23.9 Å². The van der Waals surface area contributed by atoms with Crippen molar-refractivity contribution in [2.24, 2.45) is 0 Å². The van der Waals surface area contributed by atoms with Gasteiger partial charge in [-0.05, 0) is 5.56 Å². The summed E-state index contributed by atoms with van der Waals surface area (Å²) in [5, 5.41) is 19.9. The van der Waals surface area contributed by atoms with E-state index in [4.69, 9.17) is 0 Å². The van der Waals surface area contributed by atoms with Gasteiger partial charge in [-0.2, -0.15) is 8.42 Å². The minimum atomic E-state index is -3.58. The fourth-order valence-corrected chi connectivity index (χ4v) is 1.69. The Hall–Kier alpha value is -1.51. The van der Waals surface area contributed by atoms with Crippen LogP contribution in [-0.4, -0.2) is 37.4 Å². The molecule has 1 unspecified atom stereocenters. The lowest BCUT2D eigenvalue weighted by molar-refractivity contribution is -0.384. The molecular weight excluding hydrogens is 262 g/mol. The molecule has 100 valence electrons. The monoisotopic (exact) mass is 275 g/mol. The number of nitrogens with zero attached hydrogens (tertiary/aromatic N) is 1. The van der Waals surface area contributed by atoms with E-state index in [9.17, 15) is 23.6 Å². The van der Waals surface area contributed by atoms with Crippen LogP contribution in [0, 0.1) is 10.1 Å². The minimum absolute atomic E-state index is 0.0411. The van der Waals surface area contributed by atoms with Gasteiger partial charge in [0, 0.05) is 18.6 Å². The Labute approximate surface area is 104 Å². The number of nitro benzene ring substituents is 1. The lowest BCUT2D eigenvalue weighted by Gasteiger charge is -2.09. The highest BCUT2D eigenvalue weighted by molar-refractivity contribution is 7.85. The Morgan fingerprint density at radius 2 is 1.94 bits per heavy atom. The molecule has 0 fully saturated rings. The van der Waals surface area contributed by atoms with E-state index in [1.165, 1.54) is 24.3 Å². The van der Waals surface area contributed by atoms with Crippen LogP contribution in [0.15, 0.2) is 24.3 Å². The van der Waals surface area contributed by atoms with E-state index in [1.54, 1.807) is 0 Å². The summed E-state index contributed by atoms with van der Waals surface area (Å²) in [5.74, 6) is 0. The average molecular weight is 275 g/mol. The van der Waals surface area contributed by atoms with Gasteiger partial charge in [-0.25, -0.2) is 0 Å². The van der Waals surface area contributed by atoms with Gasteiger partial charge < -0.3 is 5.11 Å². The molecular formula is C10H13NO6S. The van der Waals surface area contributed by atoms with Crippen LogP contribution in [0.4, 0.5) is 5.69 Å². The predicted molar refractivity (Wildman–Crippen MR) is 63.6 cm³/mol. The first-order valence-corrected chi connectivity index (χ1v) is 6.85. The second-order valence-electron chi connectivity index (χ2n) is 3.77. The molecule has 0 spiro atoms. The van der Waals surface area contributed by atoms with E-state index in [2.05, 4.69) is 4.18 Å². The molecule has 18 heavy (non-hydrogen) atoms. The Morgan fingerprint density at radius 1 is 1.39 bits per heavy atom. The Balaban J connectivity index is 2.54. The Kier molecular flexibility index (Phi) is 4.76. The van der Waals surface area contributed by atoms with Crippen molar-refractivity contribution in [3.05, 3.63) is 39.9 Å².